The molecule has 0 aliphatic carbocycles. The van der Waals surface area contributed by atoms with Crippen molar-refractivity contribution in [1.29, 1.82) is 0 Å². The van der Waals surface area contributed by atoms with Crippen molar-refractivity contribution >= 4 is 5.97 Å². The molecule has 0 aromatic heterocycles. The first-order valence-electron chi connectivity index (χ1n) is 6.79. The average Bonchev–Trinajstić information content (AvgIpc) is 2.12. The molecule has 1 atom stereocenters. The standard InChI is InChI=1S/C14H27NO3/c1-6-18-12(17)11(16)7-10-8-13(2,3)15-14(4,5)9-10/h10-11,15-16H,6-9H2,1-5H3. The van der Waals surface area contributed by atoms with Gasteiger partial charge >= 0.3 is 5.97 Å². The zero-order valence-corrected chi connectivity index (χ0v) is 12.2. The zero-order valence-electron chi connectivity index (χ0n) is 12.2. The van der Waals surface area contributed by atoms with E-state index in [0.29, 0.717) is 18.9 Å². The Morgan fingerprint density at radius 2 is 1.83 bits per heavy atom. The van der Waals surface area contributed by atoms with E-state index in [4.69, 9.17) is 4.74 Å². The Hall–Kier alpha value is -0.610. The minimum atomic E-state index is -0.986. The highest BCUT2D eigenvalue weighted by Gasteiger charge is 2.38. The highest BCUT2D eigenvalue weighted by molar-refractivity contribution is 5.74. The van der Waals surface area contributed by atoms with Gasteiger partial charge in [0, 0.05) is 11.1 Å². The van der Waals surface area contributed by atoms with Crippen LogP contribution in [0.4, 0.5) is 0 Å². The lowest BCUT2D eigenvalue weighted by Crippen LogP contribution is -2.58. The summed E-state index contributed by atoms with van der Waals surface area (Å²) in [6.45, 7) is 10.7. The van der Waals surface area contributed by atoms with E-state index < -0.39 is 12.1 Å². The Labute approximate surface area is 110 Å². The Balaban J connectivity index is 2.59. The van der Waals surface area contributed by atoms with Crippen molar-refractivity contribution in [3.8, 4) is 0 Å². The fraction of sp³-hybridized carbons (Fsp3) is 0.929. The largest absolute Gasteiger partial charge is 0.464 e. The van der Waals surface area contributed by atoms with Crippen LogP contribution in [0, 0.1) is 5.92 Å². The number of carbonyl (C=O) groups is 1. The third kappa shape index (κ3) is 4.58. The van der Waals surface area contributed by atoms with Crippen molar-refractivity contribution < 1.29 is 14.6 Å². The SMILES string of the molecule is CCOC(=O)C(O)CC1CC(C)(C)NC(C)(C)C1. The van der Waals surface area contributed by atoms with Gasteiger partial charge in [-0.2, -0.15) is 0 Å². The summed E-state index contributed by atoms with van der Waals surface area (Å²) in [4.78, 5) is 11.5. The molecule has 0 bridgehead atoms. The monoisotopic (exact) mass is 257 g/mol. The molecule has 0 amide bonds. The Morgan fingerprint density at radius 1 is 1.33 bits per heavy atom. The Morgan fingerprint density at radius 3 is 2.28 bits per heavy atom. The van der Waals surface area contributed by atoms with E-state index in [2.05, 4.69) is 33.0 Å². The van der Waals surface area contributed by atoms with Gasteiger partial charge in [0.2, 0.25) is 0 Å². The first-order chi connectivity index (χ1) is 8.15. The number of carbonyl (C=O) groups excluding carboxylic acids is 1. The lowest BCUT2D eigenvalue weighted by Gasteiger charge is -2.46. The molecule has 4 nitrogen and oxygen atoms in total. The molecule has 1 heterocycles. The number of aliphatic hydroxyl groups excluding tert-OH is 1. The second-order valence-corrected chi connectivity index (χ2v) is 6.67. The molecule has 1 saturated heterocycles. The fourth-order valence-corrected chi connectivity index (χ4v) is 3.35. The maximum absolute atomic E-state index is 11.5. The van der Waals surface area contributed by atoms with Crippen LogP contribution in [0.1, 0.15) is 53.9 Å². The summed E-state index contributed by atoms with van der Waals surface area (Å²) in [5.74, 6) is -0.151. The van der Waals surface area contributed by atoms with Gasteiger partial charge in [0.1, 0.15) is 0 Å². The maximum Gasteiger partial charge on any atom is 0.334 e. The highest BCUT2D eigenvalue weighted by atomic mass is 16.5. The van der Waals surface area contributed by atoms with E-state index in [9.17, 15) is 9.90 Å². The van der Waals surface area contributed by atoms with Gasteiger partial charge in [-0.15, -0.1) is 0 Å². The van der Waals surface area contributed by atoms with Crippen LogP contribution < -0.4 is 5.32 Å². The lowest BCUT2D eigenvalue weighted by molar-refractivity contribution is -0.154. The smallest absolute Gasteiger partial charge is 0.334 e. The summed E-state index contributed by atoms with van der Waals surface area (Å²) in [6, 6.07) is 0. The average molecular weight is 257 g/mol. The van der Waals surface area contributed by atoms with Crippen molar-refractivity contribution in [2.24, 2.45) is 5.92 Å². The first-order valence-corrected chi connectivity index (χ1v) is 6.79. The van der Waals surface area contributed by atoms with E-state index in [1.54, 1.807) is 6.92 Å². The molecule has 1 aliphatic heterocycles. The highest BCUT2D eigenvalue weighted by Crippen LogP contribution is 2.35. The predicted octanol–water partition coefficient (Wildman–Crippen LogP) is 1.86. The normalized spacial score (nSPS) is 24.6. The summed E-state index contributed by atoms with van der Waals surface area (Å²) in [5.41, 5.74) is 0.0849. The van der Waals surface area contributed by atoms with Crippen LogP contribution in [0.2, 0.25) is 0 Å². The molecule has 1 aliphatic rings. The van der Waals surface area contributed by atoms with Gasteiger partial charge in [-0.25, -0.2) is 4.79 Å². The first kappa shape index (κ1) is 15.4. The fourth-order valence-electron chi connectivity index (χ4n) is 3.35. The Kier molecular flexibility index (Phi) is 4.78. The van der Waals surface area contributed by atoms with Crippen LogP contribution in [-0.2, 0) is 9.53 Å². The van der Waals surface area contributed by atoms with Gasteiger partial charge in [0.05, 0.1) is 6.61 Å². The predicted molar refractivity (Wildman–Crippen MR) is 71.3 cm³/mol. The molecule has 2 N–H and O–H groups in total. The molecule has 0 aromatic rings. The summed E-state index contributed by atoms with van der Waals surface area (Å²) in [6.07, 6.45) is 1.44. The number of hydrogen-bond donors (Lipinski definition) is 2. The topological polar surface area (TPSA) is 58.6 Å². The second-order valence-electron chi connectivity index (χ2n) is 6.67. The quantitative estimate of drug-likeness (QED) is 0.755. The van der Waals surface area contributed by atoms with Crippen molar-refractivity contribution in [2.75, 3.05) is 6.61 Å². The number of ether oxygens (including phenoxy) is 1. The van der Waals surface area contributed by atoms with E-state index in [1.807, 2.05) is 0 Å². The molecule has 18 heavy (non-hydrogen) atoms. The molecule has 106 valence electrons. The summed E-state index contributed by atoms with van der Waals surface area (Å²) in [7, 11) is 0. The van der Waals surface area contributed by atoms with Gasteiger partial charge in [0.15, 0.2) is 6.10 Å². The minimum absolute atomic E-state index is 0.0425. The third-order valence-electron chi connectivity index (χ3n) is 3.39. The van der Waals surface area contributed by atoms with Crippen molar-refractivity contribution in [2.45, 2.75) is 71.1 Å². The van der Waals surface area contributed by atoms with Crippen LogP contribution in [0.25, 0.3) is 0 Å². The van der Waals surface area contributed by atoms with Crippen molar-refractivity contribution in [1.82, 2.24) is 5.32 Å². The van der Waals surface area contributed by atoms with Crippen LogP contribution >= 0.6 is 0 Å². The van der Waals surface area contributed by atoms with Gasteiger partial charge in [-0.1, -0.05) is 0 Å². The molecule has 0 spiro atoms. The van der Waals surface area contributed by atoms with Crippen molar-refractivity contribution in [3.05, 3.63) is 0 Å². The van der Waals surface area contributed by atoms with E-state index in [-0.39, 0.29) is 11.1 Å². The molecular formula is C14H27NO3. The summed E-state index contributed by atoms with van der Waals surface area (Å²) >= 11 is 0. The van der Waals surface area contributed by atoms with Crippen LogP contribution in [0.5, 0.6) is 0 Å². The lowest BCUT2D eigenvalue weighted by atomic mass is 9.74. The second kappa shape index (κ2) is 5.57. The molecular weight excluding hydrogens is 230 g/mol. The maximum atomic E-state index is 11.5. The molecule has 1 unspecified atom stereocenters. The van der Waals surface area contributed by atoms with Crippen LogP contribution in [-0.4, -0.2) is 34.9 Å². The van der Waals surface area contributed by atoms with Crippen LogP contribution in [0.3, 0.4) is 0 Å². The van der Waals surface area contributed by atoms with Crippen LogP contribution in [0.15, 0.2) is 0 Å². The summed E-state index contributed by atoms with van der Waals surface area (Å²) < 4.78 is 4.84. The van der Waals surface area contributed by atoms with E-state index in [1.165, 1.54) is 0 Å². The van der Waals surface area contributed by atoms with E-state index >= 15 is 0 Å². The third-order valence-corrected chi connectivity index (χ3v) is 3.39. The number of esters is 1. The number of nitrogens with one attached hydrogen (secondary N) is 1. The molecule has 0 radical (unpaired) electrons. The molecule has 1 fully saturated rings. The van der Waals surface area contributed by atoms with Gasteiger partial charge in [-0.05, 0) is 59.8 Å². The number of aliphatic hydroxyl groups is 1. The number of piperidine rings is 1. The summed E-state index contributed by atoms with van der Waals surface area (Å²) in [5, 5.41) is 13.4. The molecule has 4 heteroatoms. The zero-order chi connectivity index (χ0) is 14.0. The molecule has 0 saturated carbocycles. The van der Waals surface area contributed by atoms with E-state index in [0.717, 1.165) is 12.8 Å². The van der Waals surface area contributed by atoms with Gasteiger partial charge in [-0.3, -0.25) is 0 Å². The number of hydrogen-bond acceptors (Lipinski definition) is 4. The minimum Gasteiger partial charge on any atom is -0.464 e. The molecule has 0 aromatic carbocycles. The molecule has 1 rings (SSSR count). The Bertz CT molecular complexity index is 283. The van der Waals surface area contributed by atoms with Crippen molar-refractivity contribution in [3.63, 3.8) is 0 Å². The van der Waals surface area contributed by atoms with Gasteiger partial charge in [0.25, 0.3) is 0 Å². The number of rotatable bonds is 4. The van der Waals surface area contributed by atoms with Gasteiger partial charge < -0.3 is 15.2 Å².